The topological polar surface area (TPSA) is 49.6 Å². The van der Waals surface area contributed by atoms with Crippen LogP contribution in [0.5, 0.6) is 0 Å². The van der Waals surface area contributed by atoms with E-state index in [1.54, 1.807) is 28.4 Å². The normalized spacial score (nSPS) is 10.9. The van der Waals surface area contributed by atoms with Gasteiger partial charge in [0.05, 0.1) is 16.5 Å². The first kappa shape index (κ1) is 20.4. The summed E-state index contributed by atoms with van der Waals surface area (Å²) in [6.07, 6.45) is 1.53. The van der Waals surface area contributed by atoms with Crippen molar-refractivity contribution in [1.82, 2.24) is 9.88 Å². The SMILES string of the molecule is CCN(CC)CCN(C(=O)c1ccco1)c1nc2c(C)cccc2s1.Cl. The number of likely N-dealkylation sites (N-methyl/N-ethyl adjacent to an activating group) is 1. The summed E-state index contributed by atoms with van der Waals surface area (Å²) >= 11 is 1.55. The van der Waals surface area contributed by atoms with E-state index in [-0.39, 0.29) is 18.3 Å². The Morgan fingerprint density at radius 2 is 1.92 bits per heavy atom. The van der Waals surface area contributed by atoms with E-state index in [4.69, 9.17) is 9.40 Å². The number of carbonyl (C=O) groups excluding carboxylic acids is 1. The van der Waals surface area contributed by atoms with E-state index >= 15 is 0 Å². The van der Waals surface area contributed by atoms with E-state index in [9.17, 15) is 4.79 Å². The molecule has 7 heteroatoms. The van der Waals surface area contributed by atoms with Gasteiger partial charge in [-0.05, 0) is 43.8 Å². The Labute approximate surface area is 164 Å². The third-order valence-corrected chi connectivity index (χ3v) is 5.40. The van der Waals surface area contributed by atoms with Crippen molar-refractivity contribution in [3.63, 3.8) is 0 Å². The molecule has 0 aliphatic rings. The summed E-state index contributed by atoms with van der Waals surface area (Å²) in [5.41, 5.74) is 2.08. The van der Waals surface area contributed by atoms with Gasteiger partial charge in [-0.15, -0.1) is 12.4 Å². The second-order valence-electron chi connectivity index (χ2n) is 5.88. The highest BCUT2D eigenvalue weighted by Crippen LogP contribution is 2.31. The van der Waals surface area contributed by atoms with Crippen LogP contribution in [0.4, 0.5) is 5.13 Å². The Kier molecular flexibility index (Phi) is 7.20. The van der Waals surface area contributed by atoms with Gasteiger partial charge in [-0.2, -0.15) is 0 Å². The Balaban J connectivity index is 0.00000243. The highest BCUT2D eigenvalue weighted by molar-refractivity contribution is 7.22. The van der Waals surface area contributed by atoms with E-state index in [0.29, 0.717) is 12.3 Å². The molecule has 0 saturated heterocycles. The van der Waals surface area contributed by atoms with Crippen LogP contribution in [-0.4, -0.2) is 42.0 Å². The molecular weight excluding hydrogens is 370 g/mol. The van der Waals surface area contributed by atoms with Crippen molar-refractivity contribution in [1.29, 1.82) is 0 Å². The number of rotatable bonds is 7. The zero-order valence-corrected chi connectivity index (χ0v) is 16.9. The summed E-state index contributed by atoms with van der Waals surface area (Å²) in [4.78, 5) is 21.7. The summed E-state index contributed by atoms with van der Waals surface area (Å²) in [6.45, 7) is 9.60. The number of anilines is 1. The van der Waals surface area contributed by atoms with Crippen LogP contribution in [-0.2, 0) is 0 Å². The Hall–Kier alpha value is -1.89. The maximum atomic E-state index is 12.9. The lowest BCUT2D eigenvalue weighted by Crippen LogP contribution is -2.38. The predicted molar refractivity (Wildman–Crippen MR) is 110 cm³/mol. The van der Waals surface area contributed by atoms with Crippen LogP contribution in [0.1, 0.15) is 30.0 Å². The molecule has 0 aliphatic heterocycles. The van der Waals surface area contributed by atoms with E-state index < -0.39 is 0 Å². The molecule has 1 amide bonds. The molecule has 0 aliphatic carbocycles. The van der Waals surface area contributed by atoms with Crippen molar-refractivity contribution >= 4 is 45.0 Å². The molecular formula is C19H24ClN3O2S. The summed E-state index contributed by atoms with van der Waals surface area (Å²) in [6, 6.07) is 9.54. The number of furan rings is 1. The van der Waals surface area contributed by atoms with Gasteiger partial charge in [-0.25, -0.2) is 4.98 Å². The standard InChI is InChI=1S/C19H23N3O2S.ClH/c1-4-21(5-2)11-12-22(18(23)15-9-7-13-24-15)19-20-17-14(3)8-6-10-16(17)25-19;/h6-10,13H,4-5,11-12H2,1-3H3;1H. The number of benzene rings is 1. The number of hydrogen-bond acceptors (Lipinski definition) is 5. The number of nitrogens with zero attached hydrogens (tertiary/aromatic N) is 3. The van der Waals surface area contributed by atoms with Crippen molar-refractivity contribution in [2.45, 2.75) is 20.8 Å². The molecule has 0 N–H and O–H groups in total. The molecule has 0 atom stereocenters. The Morgan fingerprint density at radius 1 is 1.15 bits per heavy atom. The predicted octanol–water partition coefficient (Wildman–Crippen LogP) is 4.61. The molecule has 140 valence electrons. The van der Waals surface area contributed by atoms with Gasteiger partial charge in [-0.3, -0.25) is 9.69 Å². The third-order valence-electron chi connectivity index (χ3n) is 4.35. The van der Waals surface area contributed by atoms with Crippen LogP contribution in [0.25, 0.3) is 10.2 Å². The van der Waals surface area contributed by atoms with Gasteiger partial charge in [0.2, 0.25) is 0 Å². The number of aryl methyl sites for hydroxylation is 1. The summed E-state index contributed by atoms with van der Waals surface area (Å²) < 4.78 is 6.42. The van der Waals surface area contributed by atoms with Gasteiger partial charge in [0.15, 0.2) is 10.9 Å². The van der Waals surface area contributed by atoms with Gasteiger partial charge >= 0.3 is 0 Å². The second kappa shape index (κ2) is 9.16. The quantitative estimate of drug-likeness (QED) is 0.588. The minimum Gasteiger partial charge on any atom is -0.459 e. The maximum absolute atomic E-state index is 12.9. The maximum Gasteiger partial charge on any atom is 0.295 e. The van der Waals surface area contributed by atoms with Gasteiger partial charge < -0.3 is 9.32 Å². The van der Waals surface area contributed by atoms with E-state index in [1.165, 1.54) is 6.26 Å². The van der Waals surface area contributed by atoms with Crippen LogP contribution >= 0.6 is 23.7 Å². The number of carbonyl (C=O) groups is 1. The molecule has 26 heavy (non-hydrogen) atoms. The fraction of sp³-hybridized carbons (Fsp3) is 0.368. The number of hydrogen-bond donors (Lipinski definition) is 0. The molecule has 5 nitrogen and oxygen atoms in total. The first-order valence-corrected chi connectivity index (χ1v) is 9.39. The lowest BCUT2D eigenvalue weighted by Gasteiger charge is -2.24. The van der Waals surface area contributed by atoms with Crippen molar-refractivity contribution in [3.8, 4) is 0 Å². The smallest absolute Gasteiger partial charge is 0.295 e. The van der Waals surface area contributed by atoms with Gasteiger partial charge in [0, 0.05) is 13.1 Å². The van der Waals surface area contributed by atoms with Gasteiger partial charge in [-0.1, -0.05) is 37.3 Å². The summed E-state index contributed by atoms with van der Waals surface area (Å²) in [7, 11) is 0. The summed E-state index contributed by atoms with van der Waals surface area (Å²) in [5, 5.41) is 0.720. The first-order chi connectivity index (χ1) is 12.1. The molecule has 0 bridgehead atoms. The third kappa shape index (κ3) is 4.26. The number of amides is 1. The molecule has 3 rings (SSSR count). The minimum atomic E-state index is -0.145. The monoisotopic (exact) mass is 393 g/mol. The van der Waals surface area contributed by atoms with Gasteiger partial charge in [0.25, 0.3) is 5.91 Å². The number of halogens is 1. The van der Waals surface area contributed by atoms with Crippen LogP contribution in [0.3, 0.4) is 0 Å². The Morgan fingerprint density at radius 3 is 2.54 bits per heavy atom. The van der Waals surface area contributed by atoms with Crippen molar-refractivity contribution < 1.29 is 9.21 Å². The van der Waals surface area contributed by atoms with E-state index in [1.807, 2.05) is 25.1 Å². The lowest BCUT2D eigenvalue weighted by atomic mass is 10.2. The Bertz CT molecular complexity index is 844. The number of aromatic nitrogens is 1. The molecule has 0 fully saturated rings. The molecule has 3 aromatic rings. The molecule has 2 heterocycles. The van der Waals surface area contributed by atoms with Crippen LogP contribution in [0.15, 0.2) is 41.0 Å². The van der Waals surface area contributed by atoms with Crippen molar-refractivity contribution in [3.05, 3.63) is 47.9 Å². The van der Waals surface area contributed by atoms with Crippen LogP contribution in [0.2, 0.25) is 0 Å². The van der Waals surface area contributed by atoms with Gasteiger partial charge in [0.1, 0.15) is 0 Å². The van der Waals surface area contributed by atoms with E-state index in [0.717, 1.165) is 40.5 Å². The van der Waals surface area contributed by atoms with Crippen molar-refractivity contribution in [2.24, 2.45) is 0 Å². The molecule has 0 radical (unpaired) electrons. The average Bonchev–Trinajstić information content (AvgIpc) is 3.28. The number of para-hydroxylation sites is 1. The van der Waals surface area contributed by atoms with Crippen LogP contribution < -0.4 is 4.90 Å². The zero-order valence-electron chi connectivity index (χ0n) is 15.3. The molecule has 0 unspecified atom stereocenters. The number of fused-ring (bicyclic) bond motifs is 1. The first-order valence-electron chi connectivity index (χ1n) is 8.58. The molecule has 0 saturated carbocycles. The highest BCUT2D eigenvalue weighted by Gasteiger charge is 2.23. The molecule has 2 aromatic heterocycles. The lowest BCUT2D eigenvalue weighted by molar-refractivity contribution is 0.0957. The second-order valence-corrected chi connectivity index (χ2v) is 6.89. The fourth-order valence-electron chi connectivity index (χ4n) is 2.79. The minimum absolute atomic E-state index is 0. The van der Waals surface area contributed by atoms with Crippen molar-refractivity contribution in [2.75, 3.05) is 31.1 Å². The van der Waals surface area contributed by atoms with Crippen LogP contribution in [0, 0.1) is 6.92 Å². The largest absolute Gasteiger partial charge is 0.459 e. The number of thiazole rings is 1. The van der Waals surface area contributed by atoms with E-state index in [2.05, 4.69) is 18.7 Å². The molecule has 0 spiro atoms. The average molecular weight is 394 g/mol. The molecule has 1 aromatic carbocycles. The zero-order chi connectivity index (χ0) is 17.8. The fourth-order valence-corrected chi connectivity index (χ4v) is 3.86. The summed E-state index contributed by atoms with van der Waals surface area (Å²) in [5.74, 6) is 0.199. The highest BCUT2D eigenvalue weighted by atomic mass is 35.5.